The molecular weight excluding hydrogens is 216 g/mol. The maximum atomic E-state index is 11.4. The number of aryl methyl sites for hydroxylation is 1. The minimum absolute atomic E-state index is 0.0944. The van der Waals surface area contributed by atoms with Crippen LogP contribution in [0.4, 0.5) is 5.82 Å². The largest absolute Gasteiger partial charge is 0.369 e. The van der Waals surface area contributed by atoms with E-state index < -0.39 is 0 Å². The van der Waals surface area contributed by atoms with Crippen molar-refractivity contribution in [3.63, 3.8) is 0 Å². The summed E-state index contributed by atoms with van der Waals surface area (Å²) < 4.78 is 0. The second-order valence-corrected chi connectivity index (χ2v) is 4.82. The molecule has 94 valence electrons. The Bertz CT molecular complexity index is 436. The number of hydrogen-bond donors (Lipinski definition) is 3. The van der Waals surface area contributed by atoms with Gasteiger partial charge in [0.1, 0.15) is 11.6 Å². The molecule has 2 rings (SSSR count). The van der Waals surface area contributed by atoms with Crippen molar-refractivity contribution in [3.05, 3.63) is 22.2 Å². The molecule has 0 bridgehead atoms. The number of rotatable bonds is 6. The molecular formula is C12H20N4O. The van der Waals surface area contributed by atoms with Crippen LogP contribution in [0.15, 0.2) is 10.9 Å². The van der Waals surface area contributed by atoms with Crippen LogP contribution in [0.5, 0.6) is 0 Å². The number of anilines is 1. The summed E-state index contributed by atoms with van der Waals surface area (Å²) in [6, 6.07) is 1.51. The summed E-state index contributed by atoms with van der Waals surface area (Å²) in [4.78, 5) is 18.4. The van der Waals surface area contributed by atoms with Crippen LogP contribution in [0, 0.1) is 5.41 Å². The summed E-state index contributed by atoms with van der Waals surface area (Å²) in [7, 11) is 0. The van der Waals surface area contributed by atoms with Crippen LogP contribution in [0.3, 0.4) is 0 Å². The Kier molecular flexibility index (Phi) is 3.47. The van der Waals surface area contributed by atoms with Gasteiger partial charge in [0.2, 0.25) is 0 Å². The van der Waals surface area contributed by atoms with Gasteiger partial charge in [0.05, 0.1) is 0 Å². The monoisotopic (exact) mass is 236 g/mol. The fourth-order valence-corrected chi connectivity index (χ4v) is 2.04. The highest BCUT2D eigenvalue weighted by Crippen LogP contribution is 2.48. The molecule has 0 saturated heterocycles. The van der Waals surface area contributed by atoms with Gasteiger partial charge in [-0.05, 0) is 31.2 Å². The maximum Gasteiger partial charge on any atom is 0.252 e. The standard InChI is InChI=1S/C12H20N4O/c1-2-9-15-10(7-11(17)16-9)14-8-12(3-4-12)5-6-13/h7H,2-6,8,13H2,1H3,(H2,14,15,16,17). The van der Waals surface area contributed by atoms with Crippen LogP contribution in [0.25, 0.3) is 0 Å². The molecule has 4 N–H and O–H groups in total. The zero-order chi connectivity index (χ0) is 12.3. The molecule has 1 saturated carbocycles. The number of nitrogens with two attached hydrogens (primary N) is 1. The third-order valence-corrected chi connectivity index (χ3v) is 3.40. The van der Waals surface area contributed by atoms with Crippen molar-refractivity contribution < 1.29 is 0 Å². The molecule has 0 spiro atoms. The lowest BCUT2D eigenvalue weighted by molar-refractivity contribution is 0.500. The Morgan fingerprint density at radius 3 is 2.94 bits per heavy atom. The van der Waals surface area contributed by atoms with E-state index in [-0.39, 0.29) is 5.56 Å². The minimum Gasteiger partial charge on any atom is -0.369 e. The summed E-state index contributed by atoms with van der Waals surface area (Å²) in [6.07, 6.45) is 4.23. The highest BCUT2D eigenvalue weighted by Gasteiger charge is 2.41. The van der Waals surface area contributed by atoms with Crippen molar-refractivity contribution in [3.8, 4) is 0 Å². The minimum atomic E-state index is -0.0944. The van der Waals surface area contributed by atoms with Crippen molar-refractivity contribution in [1.29, 1.82) is 0 Å². The van der Waals surface area contributed by atoms with E-state index in [9.17, 15) is 4.79 Å². The van der Waals surface area contributed by atoms with Crippen molar-refractivity contribution in [2.75, 3.05) is 18.4 Å². The Balaban J connectivity index is 1.99. The van der Waals surface area contributed by atoms with Crippen LogP contribution in [-0.4, -0.2) is 23.1 Å². The first-order valence-electron chi connectivity index (χ1n) is 6.22. The van der Waals surface area contributed by atoms with Crippen LogP contribution in [0.2, 0.25) is 0 Å². The number of aromatic amines is 1. The highest BCUT2D eigenvalue weighted by atomic mass is 16.1. The molecule has 1 aromatic heterocycles. The Hall–Kier alpha value is -1.36. The van der Waals surface area contributed by atoms with Gasteiger partial charge in [-0.25, -0.2) is 4.98 Å². The molecule has 0 aromatic carbocycles. The molecule has 1 fully saturated rings. The van der Waals surface area contributed by atoms with Crippen LogP contribution in [-0.2, 0) is 6.42 Å². The fourth-order valence-electron chi connectivity index (χ4n) is 2.04. The third-order valence-electron chi connectivity index (χ3n) is 3.40. The van der Waals surface area contributed by atoms with E-state index in [0.717, 1.165) is 31.8 Å². The van der Waals surface area contributed by atoms with E-state index in [2.05, 4.69) is 15.3 Å². The highest BCUT2D eigenvalue weighted by molar-refractivity contribution is 5.33. The Labute approximate surface area is 101 Å². The van der Waals surface area contributed by atoms with Gasteiger partial charge in [0, 0.05) is 19.0 Å². The Morgan fingerprint density at radius 1 is 1.59 bits per heavy atom. The number of nitrogens with one attached hydrogen (secondary N) is 2. The van der Waals surface area contributed by atoms with E-state index in [1.165, 1.54) is 18.9 Å². The summed E-state index contributed by atoms with van der Waals surface area (Å²) in [5.41, 5.74) is 5.85. The van der Waals surface area contributed by atoms with Gasteiger partial charge in [0.15, 0.2) is 0 Å². The quantitative estimate of drug-likeness (QED) is 0.684. The van der Waals surface area contributed by atoms with Gasteiger partial charge in [-0.3, -0.25) is 4.79 Å². The van der Waals surface area contributed by atoms with Gasteiger partial charge in [-0.2, -0.15) is 0 Å². The maximum absolute atomic E-state index is 11.4. The van der Waals surface area contributed by atoms with E-state index in [1.807, 2.05) is 6.92 Å². The van der Waals surface area contributed by atoms with Crippen LogP contribution in [0.1, 0.15) is 32.0 Å². The lowest BCUT2D eigenvalue weighted by Gasteiger charge is -2.15. The van der Waals surface area contributed by atoms with E-state index in [1.54, 1.807) is 0 Å². The summed E-state index contributed by atoms with van der Waals surface area (Å²) in [5.74, 6) is 1.40. The van der Waals surface area contributed by atoms with E-state index in [4.69, 9.17) is 5.73 Å². The molecule has 0 unspecified atom stereocenters. The topological polar surface area (TPSA) is 83.8 Å². The Morgan fingerprint density at radius 2 is 2.35 bits per heavy atom. The lowest BCUT2D eigenvalue weighted by Crippen LogP contribution is -2.21. The average molecular weight is 236 g/mol. The predicted octanol–water partition coefficient (Wildman–Crippen LogP) is 0.873. The molecule has 1 aromatic rings. The average Bonchev–Trinajstić information content (AvgIpc) is 3.07. The summed E-state index contributed by atoms with van der Waals surface area (Å²) >= 11 is 0. The van der Waals surface area contributed by atoms with E-state index in [0.29, 0.717) is 11.2 Å². The summed E-state index contributed by atoms with van der Waals surface area (Å²) in [5, 5.41) is 3.26. The number of nitrogens with zero attached hydrogens (tertiary/aromatic N) is 1. The SMILES string of the molecule is CCc1nc(NCC2(CCN)CC2)cc(=O)[nH]1. The van der Waals surface area contributed by atoms with Gasteiger partial charge < -0.3 is 16.0 Å². The molecule has 1 aliphatic carbocycles. The smallest absolute Gasteiger partial charge is 0.252 e. The van der Waals surface area contributed by atoms with E-state index >= 15 is 0 Å². The first-order chi connectivity index (χ1) is 8.17. The van der Waals surface area contributed by atoms with Crippen LogP contribution >= 0.6 is 0 Å². The molecule has 0 atom stereocenters. The van der Waals surface area contributed by atoms with Gasteiger partial charge in [-0.1, -0.05) is 6.92 Å². The molecule has 0 amide bonds. The first-order valence-corrected chi connectivity index (χ1v) is 6.22. The molecule has 0 aliphatic heterocycles. The first kappa shape index (κ1) is 12.1. The van der Waals surface area contributed by atoms with Gasteiger partial charge >= 0.3 is 0 Å². The molecule has 5 nitrogen and oxygen atoms in total. The van der Waals surface area contributed by atoms with Crippen molar-refractivity contribution in [2.24, 2.45) is 11.1 Å². The molecule has 17 heavy (non-hydrogen) atoms. The predicted molar refractivity (Wildman–Crippen MR) is 68.1 cm³/mol. The fraction of sp³-hybridized carbons (Fsp3) is 0.667. The lowest BCUT2D eigenvalue weighted by atomic mass is 10.0. The molecule has 0 radical (unpaired) electrons. The number of hydrogen-bond acceptors (Lipinski definition) is 4. The zero-order valence-corrected chi connectivity index (χ0v) is 10.3. The second kappa shape index (κ2) is 4.87. The van der Waals surface area contributed by atoms with Crippen molar-refractivity contribution in [2.45, 2.75) is 32.6 Å². The van der Waals surface area contributed by atoms with Gasteiger partial charge in [0.25, 0.3) is 5.56 Å². The normalized spacial score (nSPS) is 16.8. The van der Waals surface area contributed by atoms with Crippen molar-refractivity contribution in [1.82, 2.24) is 9.97 Å². The van der Waals surface area contributed by atoms with Crippen LogP contribution < -0.4 is 16.6 Å². The van der Waals surface area contributed by atoms with Gasteiger partial charge in [-0.15, -0.1) is 0 Å². The molecule has 1 aliphatic rings. The molecule has 1 heterocycles. The molecule has 5 heteroatoms. The third kappa shape index (κ3) is 3.06. The number of H-pyrrole nitrogens is 1. The number of aromatic nitrogens is 2. The zero-order valence-electron chi connectivity index (χ0n) is 10.3. The second-order valence-electron chi connectivity index (χ2n) is 4.82. The summed E-state index contributed by atoms with van der Waals surface area (Å²) in [6.45, 7) is 3.56. The van der Waals surface area contributed by atoms with Crippen molar-refractivity contribution >= 4 is 5.82 Å².